The summed E-state index contributed by atoms with van der Waals surface area (Å²) < 4.78 is 6.22. The quantitative estimate of drug-likeness (QED) is 0.879. The van der Waals surface area contributed by atoms with Gasteiger partial charge >= 0.3 is 0 Å². The smallest absolute Gasteiger partial charge is 0.242 e. The second-order valence-electron chi connectivity index (χ2n) is 3.98. The first kappa shape index (κ1) is 12.3. The number of amides is 1. The summed E-state index contributed by atoms with van der Waals surface area (Å²) in [6.07, 6.45) is 1.73. The summed E-state index contributed by atoms with van der Waals surface area (Å²) in [7, 11) is 0. The van der Waals surface area contributed by atoms with Crippen molar-refractivity contribution in [2.45, 2.75) is 13.0 Å². The van der Waals surface area contributed by atoms with Crippen LogP contribution >= 0.6 is 15.9 Å². The molecule has 2 heterocycles. The summed E-state index contributed by atoms with van der Waals surface area (Å²) >= 11 is 3.40. The van der Waals surface area contributed by atoms with E-state index in [2.05, 4.69) is 20.9 Å². The van der Waals surface area contributed by atoms with Crippen molar-refractivity contribution in [1.29, 1.82) is 0 Å². The first-order chi connectivity index (χ1) is 8.09. The number of halogens is 1. The highest BCUT2D eigenvalue weighted by molar-refractivity contribution is 9.10. The third-order valence-corrected chi connectivity index (χ3v) is 3.61. The van der Waals surface area contributed by atoms with E-state index >= 15 is 0 Å². The molecule has 0 saturated carbocycles. The number of hydrogen-bond donors (Lipinski definition) is 1. The topological polar surface area (TPSA) is 68.5 Å². The van der Waals surface area contributed by atoms with Gasteiger partial charge in [0.25, 0.3) is 0 Å². The number of aryl methyl sites for hydroxylation is 1. The van der Waals surface area contributed by atoms with Crippen LogP contribution in [0, 0.1) is 6.92 Å². The summed E-state index contributed by atoms with van der Waals surface area (Å²) in [4.78, 5) is 17.6. The van der Waals surface area contributed by atoms with Crippen molar-refractivity contribution in [3.63, 3.8) is 0 Å². The fourth-order valence-electron chi connectivity index (χ4n) is 1.80. The number of rotatable bonds is 2. The van der Waals surface area contributed by atoms with E-state index in [-0.39, 0.29) is 5.91 Å². The van der Waals surface area contributed by atoms with E-state index in [1.54, 1.807) is 6.20 Å². The number of aromatic nitrogens is 1. The molecule has 5 nitrogen and oxygen atoms in total. The average Bonchev–Trinajstić information content (AvgIpc) is 2.32. The molecule has 0 aromatic carbocycles. The molecule has 92 valence electrons. The van der Waals surface area contributed by atoms with Crippen LogP contribution in [0.25, 0.3) is 0 Å². The first-order valence-electron chi connectivity index (χ1n) is 5.35. The minimum atomic E-state index is -0.433. The van der Waals surface area contributed by atoms with Gasteiger partial charge in [0.05, 0.1) is 13.2 Å². The Morgan fingerprint density at radius 2 is 2.47 bits per heavy atom. The third kappa shape index (κ3) is 2.58. The molecule has 1 aromatic heterocycles. The second-order valence-corrected chi connectivity index (χ2v) is 4.83. The van der Waals surface area contributed by atoms with E-state index in [9.17, 15) is 4.79 Å². The Morgan fingerprint density at radius 3 is 3.12 bits per heavy atom. The van der Waals surface area contributed by atoms with E-state index in [0.29, 0.717) is 19.8 Å². The van der Waals surface area contributed by atoms with Crippen molar-refractivity contribution in [2.24, 2.45) is 5.73 Å². The maximum Gasteiger partial charge on any atom is 0.242 e. The molecule has 0 spiro atoms. The van der Waals surface area contributed by atoms with Gasteiger partial charge in [0.2, 0.25) is 5.91 Å². The zero-order valence-corrected chi connectivity index (χ0v) is 11.1. The molecule has 0 bridgehead atoms. The molecule has 1 atom stereocenters. The van der Waals surface area contributed by atoms with Gasteiger partial charge in [-0.05, 0) is 34.5 Å². The molecule has 17 heavy (non-hydrogen) atoms. The molecule has 2 rings (SSSR count). The van der Waals surface area contributed by atoms with Crippen LogP contribution in [0.3, 0.4) is 0 Å². The van der Waals surface area contributed by atoms with Crippen LogP contribution in [-0.4, -0.2) is 36.7 Å². The molecule has 1 aliphatic heterocycles. The fraction of sp³-hybridized carbons (Fsp3) is 0.455. The predicted octanol–water partition coefficient (Wildman–Crippen LogP) is 0.843. The Morgan fingerprint density at radius 1 is 1.71 bits per heavy atom. The van der Waals surface area contributed by atoms with Crippen molar-refractivity contribution < 1.29 is 9.53 Å². The molecule has 2 N–H and O–H groups in total. The van der Waals surface area contributed by atoms with Gasteiger partial charge in [-0.25, -0.2) is 4.98 Å². The van der Waals surface area contributed by atoms with E-state index in [4.69, 9.17) is 10.5 Å². The second kappa shape index (κ2) is 5.01. The van der Waals surface area contributed by atoms with Crippen LogP contribution in [0.4, 0.5) is 5.82 Å². The van der Waals surface area contributed by atoms with Crippen LogP contribution in [-0.2, 0) is 9.53 Å². The Labute approximate surface area is 108 Å². The summed E-state index contributed by atoms with van der Waals surface area (Å²) in [5, 5.41) is 0. The first-order valence-corrected chi connectivity index (χ1v) is 6.14. The summed E-state index contributed by atoms with van der Waals surface area (Å²) in [5.74, 6) is 0.380. The number of nitrogens with two attached hydrogens (primary N) is 1. The van der Waals surface area contributed by atoms with Gasteiger partial charge in [-0.1, -0.05) is 0 Å². The summed E-state index contributed by atoms with van der Waals surface area (Å²) in [6.45, 7) is 3.52. The van der Waals surface area contributed by atoms with Gasteiger partial charge in [-0.2, -0.15) is 0 Å². The molecular weight excluding hydrogens is 286 g/mol. The average molecular weight is 300 g/mol. The highest BCUT2D eigenvalue weighted by Gasteiger charge is 2.28. The van der Waals surface area contributed by atoms with Gasteiger partial charge < -0.3 is 15.4 Å². The van der Waals surface area contributed by atoms with Gasteiger partial charge in [0, 0.05) is 17.2 Å². The number of pyridine rings is 1. The minimum Gasteiger partial charge on any atom is -0.377 e. The lowest BCUT2D eigenvalue weighted by molar-refractivity contribution is -0.121. The van der Waals surface area contributed by atoms with E-state index in [0.717, 1.165) is 15.9 Å². The molecule has 0 radical (unpaired) electrons. The lowest BCUT2D eigenvalue weighted by Crippen LogP contribution is -2.53. The van der Waals surface area contributed by atoms with Crippen LogP contribution in [0.15, 0.2) is 16.7 Å². The van der Waals surface area contributed by atoms with Crippen LogP contribution in [0.2, 0.25) is 0 Å². The monoisotopic (exact) mass is 299 g/mol. The number of primary amides is 1. The molecule has 1 saturated heterocycles. The standard InChI is InChI=1S/C11H14BrN3O2/c1-7-4-10(14-5-8(7)12)15-2-3-17-6-9(15)11(13)16/h4-5,9H,2-3,6H2,1H3,(H2,13,16). The Kier molecular flexibility index (Phi) is 3.63. The molecule has 1 unspecified atom stereocenters. The highest BCUT2D eigenvalue weighted by Crippen LogP contribution is 2.22. The van der Waals surface area contributed by atoms with Gasteiger partial charge in [-0.15, -0.1) is 0 Å². The Hall–Kier alpha value is -1.14. The van der Waals surface area contributed by atoms with Crippen LogP contribution in [0.1, 0.15) is 5.56 Å². The third-order valence-electron chi connectivity index (χ3n) is 2.78. The zero-order valence-electron chi connectivity index (χ0n) is 9.52. The molecule has 1 amide bonds. The summed E-state index contributed by atoms with van der Waals surface area (Å²) in [5.41, 5.74) is 6.44. The van der Waals surface area contributed by atoms with E-state index in [1.165, 1.54) is 0 Å². The van der Waals surface area contributed by atoms with Crippen molar-refractivity contribution in [3.05, 3.63) is 22.3 Å². The number of anilines is 1. The summed E-state index contributed by atoms with van der Waals surface area (Å²) in [6, 6.07) is 1.50. The van der Waals surface area contributed by atoms with Crippen molar-refractivity contribution in [3.8, 4) is 0 Å². The van der Waals surface area contributed by atoms with E-state index < -0.39 is 6.04 Å². The van der Waals surface area contributed by atoms with Gasteiger partial charge in [-0.3, -0.25) is 4.79 Å². The van der Waals surface area contributed by atoms with E-state index in [1.807, 2.05) is 17.9 Å². The van der Waals surface area contributed by atoms with Crippen molar-refractivity contribution in [1.82, 2.24) is 4.98 Å². The SMILES string of the molecule is Cc1cc(N2CCOCC2C(N)=O)ncc1Br. The molecular formula is C11H14BrN3O2. The van der Waals surface area contributed by atoms with Gasteiger partial charge in [0.1, 0.15) is 11.9 Å². The Balaban J connectivity index is 2.29. The lowest BCUT2D eigenvalue weighted by atomic mass is 10.2. The van der Waals surface area contributed by atoms with Crippen molar-refractivity contribution >= 4 is 27.7 Å². The molecule has 1 fully saturated rings. The molecule has 6 heteroatoms. The number of carbonyl (C=O) groups excluding carboxylic acids is 1. The zero-order chi connectivity index (χ0) is 12.4. The molecule has 1 aromatic rings. The lowest BCUT2D eigenvalue weighted by Gasteiger charge is -2.34. The van der Waals surface area contributed by atoms with Crippen LogP contribution < -0.4 is 10.6 Å². The largest absolute Gasteiger partial charge is 0.377 e. The Bertz CT molecular complexity index is 439. The maximum absolute atomic E-state index is 11.4. The molecule has 1 aliphatic rings. The fourth-order valence-corrected chi connectivity index (χ4v) is 2.01. The van der Waals surface area contributed by atoms with Gasteiger partial charge in [0.15, 0.2) is 0 Å². The molecule has 0 aliphatic carbocycles. The minimum absolute atomic E-state index is 0.326. The number of ether oxygens (including phenoxy) is 1. The number of nitrogens with zero attached hydrogens (tertiary/aromatic N) is 2. The number of hydrogen-bond acceptors (Lipinski definition) is 4. The maximum atomic E-state index is 11.4. The van der Waals surface area contributed by atoms with Crippen molar-refractivity contribution in [2.75, 3.05) is 24.7 Å². The number of carbonyl (C=O) groups is 1. The normalized spacial score (nSPS) is 20.4. The predicted molar refractivity (Wildman–Crippen MR) is 67.8 cm³/mol. The highest BCUT2D eigenvalue weighted by atomic mass is 79.9. The van der Waals surface area contributed by atoms with Crippen LogP contribution in [0.5, 0.6) is 0 Å². The number of morpholine rings is 1.